The first-order valence-electron chi connectivity index (χ1n) is 4.77. The van der Waals surface area contributed by atoms with Gasteiger partial charge in [-0.2, -0.15) is 5.26 Å². The van der Waals surface area contributed by atoms with Gasteiger partial charge in [-0.1, -0.05) is 6.07 Å². The first kappa shape index (κ1) is 13.5. The van der Waals surface area contributed by atoms with Gasteiger partial charge in [0.25, 0.3) is 0 Å². The van der Waals surface area contributed by atoms with Crippen LogP contribution in [0.2, 0.25) is 0 Å². The van der Waals surface area contributed by atoms with Crippen molar-refractivity contribution in [3.8, 4) is 6.07 Å². The lowest BCUT2D eigenvalue weighted by molar-refractivity contribution is -0.139. The zero-order valence-electron chi connectivity index (χ0n) is 9.11. The molecule has 17 heavy (non-hydrogen) atoms. The number of carboxylic acids is 1. The van der Waals surface area contributed by atoms with Crippen LogP contribution in [0.1, 0.15) is 5.56 Å². The Morgan fingerprint density at radius 2 is 2.41 bits per heavy atom. The topological polar surface area (TPSA) is 82.3 Å². The summed E-state index contributed by atoms with van der Waals surface area (Å²) < 4.78 is 5.42. The second-order valence-electron chi connectivity index (χ2n) is 3.26. The molecule has 0 fully saturated rings. The molecule has 0 aromatic heterocycles. The number of carboxylic acid groups (broad SMARTS) is 1. The van der Waals surface area contributed by atoms with E-state index in [1.54, 1.807) is 18.2 Å². The fourth-order valence-electron chi connectivity index (χ4n) is 1.29. The zero-order valence-corrected chi connectivity index (χ0v) is 10.7. The Morgan fingerprint density at radius 3 is 2.94 bits per heavy atom. The molecule has 0 aliphatic rings. The van der Waals surface area contributed by atoms with Crippen LogP contribution in [0.25, 0.3) is 0 Å². The highest BCUT2D eigenvalue weighted by Crippen LogP contribution is 2.24. The Labute approximate surface area is 107 Å². The van der Waals surface area contributed by atoms with Crippen LogP contribution in [0, 0.1) is 11.3 Å². The number of benzene rings is 1. The van der Waals surface area contributed by atoms with E-state index in [0.29, 0.717) is 15.7 Å². The Balaban J connectivity index is 2.97. The largest absolute Gasteiger partial charge is 0.480 e. The summed E-state index contributed by atoms with van der Waals surface area (Å²) in [5.74, 6) is -1.03. The average molecular weight is 299 g/mol. The molecule has 6 heteroatoms. The third-order valence-electron chi connectivity index (χ3n) is 2.09. The normalized spacial score (nSPS) is 11.6. The number of rotatable bonds is 5. The van der Waals surface area contributed by atoms with E-state index in [0.717, 1.165) is 0 Å². The number of hydrogen-bond donors (Lipinski definition) is 2. The third kappa shape index (κ3) is 3.44. The molecule has 90 valence electrons. The van der Waals surface area contributed by atoms with E-state index in [2.05, 4.69) is 21.2 Å². The maximum atomic E-state index is 10.9. The van der Waals surface area contributed by atoms with Crippen molar-refractivity contribution in [2.75, 3.05) is 19.0 Å². The van der Waals surface area contributed by atoms with Crippen LogP contribution in [0.5, 0.6) is 0 Å². The fraction of sp³-hybridized carbons (Fsp3) is 0.273. The number of aliphatic carboxylic acids is 1. The van der Waals surface area contributed by atoms with Crippen molar-refractivity contribution in [2.45, 2.75) is 6.04 Å². The second-order valence-corrected chi connectivity index (χ2v) is 4.12. The minimum Gasteiger partial charge on any atom is -0.480 e. The van der Waals surface area contributed by atoms with E-state index >= 15 is 0 Å². The number of nitrogens with one attached hydrogen (secondary N) is 1. The molecule has 0 aliphatic carbocycles. The van der Waals surface area contributed by atoms with E-state index in [9.17, 15) is 4.79 Å². The molecule has 0 amide bonds. The Kier molecular flexibility index (Phi) is 4.94. The Hall–Kier alpha value is -1.58. The van der Waals surface area contributed by atoms with E-state index < -0.39 is 12.0 Å². The van der Waals surface area contributed by atoms with Crippen molar-refractivity contribution in [3.05, 3.63) is 28.2 Å². The van der Waals surface area contributed by atoms with Gasteiger partial charge in [0.15, 0.2) is 0 Å². The molecule has 0 aliphatic heterocycles. The molecule has 0 spiro atoms. The summed E-state index contributed by atoms with van der Waals surface area (Å²) in [7, 11) is 1.42. The van der Waals surface area contributed by atoms with Crippen LogP contribution in [0.3, 0.4) is 0 Å². The number of anilines is 1. The smallest absolute Gasteiger partial charge is 0.328 e. The third-order valence-corrected chi connectivity index (χ3v) is 2.75. The highest BCUT2D eigenvalue weighted by Gasteiger charge is 2.18. The minimum atomic E-state index is -1.03. The summed E-state index contributed by atoms with van der Waals surface area (Å²) in [5, 5.41) is 20.7. The van der Waals surface area contributed by atoms with Gasteiger partial charge in [-0.3, -0.25) is 0 Å². The van der Waals surface area contributed by atoms with Gasteiger partial charge < -0.3 is 15.2 Å². The molecule has 1 aromatic carbocycles. The zero-order chi connectivity index (χ0) is 12.8. The fourth-order valence-corrected chi connectivity index (χ4v) is 1.74. The molecule has 1 atom stereocenters. The Bertz CT molecular complexity index is 457. The van der Waals surface area contributed by atoms with E-state index in [1.165, 1.54) is 7.11 Å². The molecular weight excluding hydrogens is 288 g/mol. The summed E-state index contributed by atoms with van der Waals surface area (Å²) in [6.45, 7) is 0.0206. The first-order valence-corrected chi connectivity index (χ1v) is 5.56. The van der Waals surface area contributed by atoms with Gasteiger partial charge in [-0.15, -0.1) is 0 Å². The first-order chi connectivity index (χ1) is 8.10. The monoisotopic (exact) mass is 298 g/mol. The van der Waals surface area contributed by atoms with E-state index in [4.69, 9.17) is 15.1 Å². The summed E-state index contributed by atoms with van der Waals surface area (Å²) >= 11 is 3.23. The maximum absolute atomic E-state index is 10.9. The van der Waals surface area contributed by atoms with Gasteiger partial charge in [0.1, 0.15) is 12.1 Å². The predicted octanol–water partition coefficient (Wildman–Crippen LogP) is 1.83. The molecule has 0 saturated heterocycles. The molecular formula is C11H11BrN2O3. The molecule has 0 heterocycles. The van der Waals surface area contributed by atoms with Crippen LogP contribution in [0.4, 0.5) is 5.69 Å². The molecule has 1 aromatic rings. The lowest BCUT2D eigenvalue weighted by Crippen LogP contribution is -2.33. The average Bonchev–Trinajstić information content (AvgIpc) is 2.28. The number of nitrogens with zero attached hydrogens (tertiary/aromatic N) is 1. The molecule has 0 radical (unpaired) electrons. The van der Waals surface area contributed by atoms with E-state index in [-0.39, 0.29) is 6.61 Å². The molecule has 5 nitrogen and oxygen atoms in total. The number of ether oxygens (including phenoxy) is 1. The van der Waals surface area contributed by atoms with Gasteiger partial charge in [0.2, 0.25) is 0 Å². The van der Waals surface area contributed by atoms with Gasteiger partial charge in [-0.05, 0) is 28.1 Å². The molecule has 1 unspecified atom stereocenters. The molecule has 2 N–H and O–H groups in total. The van der Waals surface area contributed by atoms with Crippen LogP contribution >= 0.6 is 15.9 Å². The number of halogens is 1. The van der Waals surface area contributed by atoms with Gasteiger partial charge >= 0.3 is 5.97 Å². The second kappa shape index (κ2) is 6.23. The van der Waals surface area contributed by atoms with Crippen LogP contribution in [0.15, 0.2) is 22.7 Å². The maximum Gasteiger partial charge on any atom is 0.328 e. The van der Waals surface area contributed by atoms with Crippen LogP contribution in [-0.2, 0) is 9.53 Å². The van der Waals surface area contributed by atoms with Gasteiger partial charge in [-0.25, -0.2) is 4.79 Å². The summed E-state index contributed by atoms with van der Waals surface area (Å²) in [6.07, 6.45) is 0. The lowest BCUT2D eigenvalue weighted by atomic mass is 10.1. The van der Waals surface area contributed by atoms with Crippen molar-refractivity contribution in [3.63, 3.8) is 0 Å². The Morgan fingerprint density at radius 1 is 1.71 bits per heavy atom. The van der Waals surface area contributed by atoms with Gasteiger partial charge in [0, 0.05) is 11.6 Å². The number of methoxy groups -OCH3 is 1. The summed E-state index contributed by atoms with van der Waals surface area (Å²) in [5.41, 5.74) is 0.834. The van der Waals surface area contributed by atoms with Crippen molar-refractivity contribution in [2.24, 2.45) is 0 Å². The standard InChI is InChI=1S/C11H11BrN2O3/c1-17-6-10(11(15)16)14-9-4-2-3-8(12)7(9)5-13/h2-4,10,14H,6H2,1H3,(H,15,16). The number of hydrogen-bond acceptors (Lipinski definition) is 4. The van der Waals surface area contributed by atoms with Crippen molar-refractivity contribution >= 4 is 27.6 Å². The molecule has 0 saturated carbocycles. The highest BCUT2D eigenvalue weighted by molar-refractivity contribution is 9.10. The SMILES string of the molecule is COCC(Nc1cccc(Br)c1C#N)C(=O)O. The van der Waals surface area contributed by atoms with Crippen LogP contribution in [-0.4, -0.2) is 30.8 Å². The lowest BCUT2D eigenvalue weighted by Gasteiger charge is -2.16. The van der Waals surface area contributed by atoms with Crippen molar-refractivity contribution < 1.29 is 14.6 Å². The molecule has 0 bridgehead atoms. The number of nitriles is 1. The molecule has 1 rings (SSSR count). The van der Waals surface area contributed by atoms with E-state index in [1.807, 2.05) is 6.07 Å². The van der Waals surface area contributed by atoms with Crippen molar-refractivity contribution in [1.82, 2.24) is 0 Å². The van der Waals surface area contributed by atoms with Gasteiger partial charge in [0.05, 0.1) is 17.9 Å². The van der Waals surface area contributed by atoms with Crippen LogP contribution < -0.4 is 5.32 Å². The highest BCUT2D eigenvalue weighted by atomic mass is 79.9. The quantitative estimate of drug-likeness (QED) is 0.866. The predicted molar refractivity (Wildman–Crippen MR) is 65.8 cm³/mol. The summed E-state index contributed by atoms with van der Waals surface area (Å²) in [4.78, 5) is 10.9. The number of carbonyl (C=O) groups is 1. The minimum absolute atomic E-state index is 0.0206. The summed E-state index contributed by atoms with van der Waals surface area (Å²) in [6, 6.07) is 6.21. The van der Waals surface area contributed by atoms with Crippen molar-refractivity contribution in [1.29, 1.82) is 5.26 Å².